The maximum absolute atomic E-state index is 12.1. The summed E-state index contributed by atoms with van der Waals surface area (Å²) in [5.41, 5.74) is 1.35. The molecule has 6 heteroatoms. The summed E-state index contributed by atoms with van der Waals surface area (Å²) >= 11 is 0. The first-order valence-corrected chi connectivity index (χ1v) is 7.83. The predicted molar refractivity (Wildman–Crippen MR) is 82.3 cm³/mol. The van der Waals surface area contributed by atoms with E-state index < -0.39 is 0 Å². The van der Waals surface area contributed by atoms with Gasteiger partial charge in [-0.25, -0.2) is 0 Å². The first-order chi connectivity index (χ1) is 10.6. The molecule has 0 aliphatic carbocycles. The highest BCUT2D eigenvalue weighted by atomic mass is 16.7. The molecular formula is C16H23N3O3. The highest BCUT2D eigenvalue weighted by Crippen LogP contribution is 2.34. The zero-order chi connectivity index (χ0) is 15.6. The zero-order valence-corrected chi connectivity index (χ0v) is 13.2. The molecular weight excluding hydrogens is 282 g/mol. The predicted octanol–water partition coefficient (Wildman–Crippen LogP) is 1.77. The number of furan rings is 1. The van der Waals surface area contributed by atoms with Gasteiger partial charge in [-0.15, -0.1) is 0 Å². The average molecular weight is 305 g/mol. The Morgan fingerprint density at radius 2 is 2.41 bits per heavy atom. The first-order valence-electron chi connectivity index (χ1n) is 7.83. The fourth-order valence-corrected chi connectivity index (χ4v) is 2.96. The number of hydrogen-bond donors (Lipinski definition) is 1. The summed E-state index contributed by atoms with van der Waals surface area (Å²) in [6, 6.07) is 1.97. The van der Waals surface area contributed by atoms with Crippen LogP contribution in [-0.4, -0.2) is 41.8 Å². The Balaban J connectivity index is 1.52. The summed E-state index contributed by atoms with van der Waals surface area (Å²) in [5.74, 6) is 0.330. The van der Waals surface area contributed by atoms with Crippen LogP contribution in [0.5, 0.6) is 0 Å². The van der Waals surface area contributed by atoms with E-state index in [0.717, 1.165) is 31.6 Å². The third-order valence-electron chi connectivity index (χ3n) is 4.15. The fraction of sp³-hybridized carbons (Fsp3) is 0.625. The molecule has 1 amide bonds. The summed E-state index contributed by atoms with van der Waals surface area (Å²) in [6.07, 6.45) is 4.95. The van der Waals surface area contributed by atoms with E-state index in [1.807, 2.05) is 6.07 Å². The lowest BCUT2D eigenvalue weighted by Gasteiger charge is -2.21. The quantitative estimate of drug-likeness (QED) is 0.900. The largest absolute Gasteiger partial charge is 0.472 e. The van der Waals surface area contributed by atoms with E-state index in [1.54, 1.807) is 12.5 Å². The minimum atomic E-state index is -0.325. The van der Waals surface area contributed by atoms with Crippen molar-refractivity contribution in [2.75, 3.05) is 19.6 Å². The number of nitrogens with zero attached hydrogens (tertiary/aromatic N) is 2. The molecule has 0 radical (unpaired) electrons. The molecule has 1 atom stereocenters. The van der Waals surface area contributed by atoms with Gasteiger partial charge in [-0.3, -0.25) is 9.69 Å². The van der Waals surface area contributed by atoms with Crippen molar-refractivity contribution in [1.29, 1.82) is 0 Å². The van der Waals surface area contributed by atoms with Crippen molar-refractivity contribution < 1.29 is 14.0 Å². The lowest BCUT2D eigenvalue weighted by molar-refractivity contribution is -0.115. The second kappa shape index (κ2) is 6.12. The number of rotatable bonds is 5. The van der Waals surface area contributed by atoms with Crippen LogP contribution in [0.25, 0.3) is 0 Å². The smallest absolute Gasteiger partial charge is 0.269 e. The molecule has 6 nitrogen and oxygen atoms in total. The van der Waals surface area contributed by atoms with Crippen molar-refractivity contribution in [3.05, 3.63) is 24.2 Å². The number of carbonyl (C=O) groups is 1. The highest BCUT2D eigenvalue weighted by Gasteiger charge is 2.46. The van der Waals surface area contributed by atoms with Crippen molar-refractivity contribution in [2.45, 2.75) is 38.8 Å². The molecule has 120 valence electrons. The van der Waals surface area contributed by atoms with Crippen molar-refractivity contribution >= 4 is 11.6 Å². The second-order valence-electron chi connectivity index (χ2n) is 6.69. The Morgan fingerprint density at radius 1 is 1.55 bits per heavy atom. The van der Waals surface area contributed by atoms with Crippen LogP contribution in [-0.2, 0) is 16.2 Å². The van der Waals surface area contributed by atoms with E-state index in [-0.39, 0.29) is 11.5 Å². The molecule has 0 bridgehead atoms. The standard InChI is InChI=1S/C16H23N3O3/c1-12(2)8-17-15(20)14-7-16(22-18-14)4-5-19(11-16)9-13-3-6-21-10-13/h3,6,10,12H,4-5,7-9,11H2,1-2H3,(H,17,20)/t16-/m0/s1. The van der Waals surface area contributed by atoms with Crippen molar-refractivity contribution in [1.82, 2.24) is 10.2 Å². The SMILES string of the molecule is CC(C)CNC(=O)C1=NO[C@@]2(CCN(Cc3ccoc3)C2)C1. The molecule has 2 aliphatic heterocycles. The van der Waals surface area contributed by atoms with Gasteiger partial charge in [0.1, 0.15) is 5.71 Å². The third kappa shape index (κ3) is 3.32. The van der Waals surface area contributed by atoms with Crippen LogP contribution in [0.2, 0.25) is 0 Å². The maximum Gasteiger partial charge on any atom is 0.269 e. The molecule has 1 aromatic rings. The van der Waals surface area contributed by atoms with Gasteiger partial charge in [0.05, 0.1) is 12.5 Å². The van der Waals surface area contributed by atoms with E-state index in [2.05, 4.69) is 29.2 Å². The molecule has 1 aromatic heterocycles. The Hall–Kier alpha value is -1.82. The van der Waals surface area contributed by atoms with E-state index >= 15 is 0 Å². The average Bonchev–Trinajstić information content (AvgIpc) is 3.20. The van der Waals surface area contributed by atoms with Crippen molar-refractivity contribution in [2.24, 2.45) is 11.1 Å². The molecule has 2 aliphatic rings. The van der Waals surface area contributed by atoms with Gasteiger partial charge in [0.15, 0.2) is 5.60 Å². The fourth-order valence-electron chi connectivity index (χ4n) is 2.96. The maximum atomic E-state index is 12.1. The number of hydrogen-bond acceptors (Lipinski definition) is 5. The Bertz CT molecular complexity index is 553. The van der Waals surface area contributed by atoms with Crippen LogP contribution in [0.3, 0.4) is 0 Å². The Labute approximate surface area is 130 Å². The molecule has 1 spiro atoms. The van der Waals surface area contributed by atoms with Crippen LogP contribution < -0.4 is 5.32 Å². The van der Waals surface area contributed by atoms with Crippen LogP contribution in [0.4, 0.5) is 0 Å². The van der Waals surface area contributed by atoms with Crippen molar-refractivity contribution in [3.8, 4) is 0 Å². The summed E-state index contributed by atoms with van der Waals surface area (Å²) in [7, 11) is 0. The summed E-state index contributed by atoms with van der Waals surface area (Å²) in [5, 5.41) is 6.94. The van der Waals surface area contributed by atoms with Gasteiger partial charge in [0, 0.05) is 44.6 Å². The van der Waals surface area contributed by atoms with E-state index in [4.69, 9.17) is 9.25 Å². The van der Waals surface area contributed by atoms with E-state index in [1.165, 1.54) is 0 Å². The second-order valence-corrected chi connectivity index (χ2v) is 6.69. The van der Waals surface area contributed by atoms with Gasteiger partial charge in [0.25, 0.3) is 5.91 Å². The van der Waals surface area contributed by atoms with Gasteiger partial charge in [-0.05, 0) is 12.0 Å². The van der Waals surface area contributed by atoms with E-state index in [9.17, 15) is 4.79 Å². The zero-order valence-electron chi connectivity index (χ0n) is 13.2. The number of nitrogens with one attached hydrogen (secondary N) is 1. The van der Waals surface area contributed by atoms with Crippen LogP contribution in [0, 0.1) is 5.92 Å². The number of oxime groups is 1. The molecule has 3 heterocycles. The van der Waals surface area contributed by atoms with Gasteiger partial charge in [-0.1, -0.05) is 19.0 Å². The molecule has 1 N–H and O–H groups in total. The Morgan fingerprint density at radius 3 is 3.14 bits per heavy atom. The minimum absolute atomic E-state index is 0.0983. The Kier molecular flexibility index (Phi) is 4.20. The number of amides is 1. The molecule has 0 unspecified atom stereocenters. The van der Waals surface area contributed by atoms with Crippen LogP contribution in [0.1, 0.15) is 32.3 Å². The molecule has 0 saturated carbocycles. The third-order valence-corrected chi connectivity index (χ3v) is 4.15. The first kappa shape index (κ1) is 15.1. The molecule has 0 aromatic carbocycles. The van der Waals surface area contributed by atoms with Crippen LogP contribution in [0.15, 0.2) is 28.2 Å². The summed E-state index contributed by atoms with van der Waals surface area (Å²) in [4.78, 5) is 20.0. The van der Waals surface area contributed by atoms with E-state index in [0.29, 0.717) is 24.6 Å². The number of carbonyl (C=O) groups excluding carboxylic acids is 1. The van der Waals surface area contributed by atoms with Crippen molar-refractivity contribution in [3.63, 3.8) is 0 Å². The lowest BCUT2D eigenvalue weighted by Crippen LogP contribution is -2.37. The summed E-state index contributed by atoms with van der Waals surface area (Å²) < 4.78 is 5.10. The lowest BCUT2D eigenvalue weighted by atomic mass is 9.96. The van der Waals surface area contributed by atoms with Crippen LogP contribution >= 0.6 is 0 Å². The highest BCUT2D eigenvalue weighted by molar-refractivity contribution is 6.39. The molecule has 22 heavy (non-hydrogen) atoms. The molecule has 1 fully saturated rings. The topological polar surface area (TPSA) is 67.1 Å². The minimum Gasteiger partial charge on any atom is -0.472 e. The van der Waals surface area contributed by atoms with Gasteiger partial charge < -0.3 is 14.6 Å². The number of likely N-dealkylation sites (tertiary alicyclic amines) is 1. The molecule has 1 saturated heterocycles. The van der Waals surface area contributed by atoms with Gasteiger partial charge in [-0.2, -0.15) is 0 Å². The van der Waals surface area contributed by atoms with Gasteiger partial charge >= 0.3 is 0 Å². The van der Waals surface area contributed by atoms with Gasteiger partial charge in [0.2, 0.25) is 0 Å². The molecule has 3 rings (SSSR count). The normalized spacial score (nSPS) is 24.8. The monoisotopic (exact) mass is 305 g/mol. The summed E-state index contributed by atoms with van der Waals surface area (Å²) in [6.45, 7) is 7.39.